The van der Waals surface area contributed by atoms with Gasteiger partial charge in [0.1, 0.15) is 0 Å². The van der Waals surface area contributed by atoms with Crippen molar-refractivity contribution in [1.29, 1.82) is 0 Å². The fourth-order valence-electron chi connectivity index (χ4n) is 2.23. The molecule has 2 heterocycles. The molecule has 0 bridgehead atoms. The Morgan fingerprint density at radius 3 is 3.00 bits per heavy atom. The summed E-state index contributed by atoms with van der Waals surface area (Å²) in [7, 11) is 2.17. The van der Waals surface area contributed by atoms with Gasteiger partial charge in [-0.25, -0.2) is 4.98 Å². The van der Waals surface area contributed by atoms with Crippen LogP contribution in [0.4, 0.5) is 5.95 Å². The van der Waals surface area contributed by atoms with E-state index in [4.69, 9.17) is 0 Å². The molecule has 2 rings (SSSR count). The third-order valence-electron chi connectivity index (χ3n) is 3.00. The summed E-state index contributed by atoms with van der Waals surface area (Å²) in [6.07, 6.45) is 5.15. The van der Waals surface area contributed by atoms with Crippen LogP contribution >= 0.6 is 0 Å². The van der Waals surface area contributed by atoms with Crippen molar-refractivity contribution in [2.24, 2.45) is 5.92 Å². The summed E-state index contributed by atoms with van der Waals surface area (Å²) in [5.41, 5.74) is 0. The third-order valence-corrected chi connectivity index (χ3v) is 3.00. The molecule has 1 N–H and O–H groups in total. The second-order valence-corrected chi connectivity index (χ2v) is 5.19. The fourth-order valence-corrected chi connectivity index (χ4v) is 2.23. The molecule has 0 aromatic carbocycles. The second-order valence-electron chi connectivity index (χ2n) is 5.19. The molecule has 0 saturated carbocycles. The van der Waals surface area contributed by atoms with E-state index >= 15 is 0 Å². The van der Waals surface area contributed by atoms with Crippen molar-refractivity contribution >= 4 is 5.95 Å². The average molecular weight is 222 g/mol. The molecule has 1 aliphatic heterocycles. The molecular weight excluding hydrogens is 200 g/mol. The molecular formula is C12H22N4. The number of aromatic nitrogens is 2. The molecule has 1 unspecified atom stereocenters. The van der Waals surface area contributed by atoms with Gasteiger partial charge in [0.2, 0.25) is 5.95 Å². The van der Waals surface area contributed by atoms with E-state index in [0.717, 1.165) is 19.0 Å². The van der Waals surface area contributed by atoms with Crippen LogP contribution in [0, 0.1) is 5.92 Å². The standard InChI is InChI=1S/C12H22N4/c1-10(2)8-16-7-5-13-12(16)14-11-4-6-15(3)9-11/h5,7,10-11H,4,6,8-9H2,1-3H3,(H,13,14). The molecule has 1 aromatic rings. The van der Waals surface area contributed by atoms with Crippen LogP contribution in [0.2, 0.25) is 0 Å². The Labute approximate surface area is 97.7 Å². The molecule has 4 nitrogen and oxygen atoms in total. The lowest BCUT2D eigenvalue weighted by Crippen LogP contribution is -2.25. The summed E-state index contributed by atoms with van der Waals surface area (Å²) < 4.78 is 2.21. The number of anilines is 1. The van der Waals surface area contributed by atoms with Gasteiger partial charge in [-0.3, -0.25) is 0 Å². The third kappa shape index (κ3) is 2.76. The molecule has 1 aromatic heterocycles. The van der Waals surface area contributed by atoms with Gasteiger partial charge in [-0.05, 0) is 25.9 Å². The van der Waals surface area contributed by atoms with E-state index in [9.17, 15) is 0 Å². The normalized spacial score (nSPS) is 21.9. The second kappa shape index (κ2) is 4.87. The number of rotatable bonds is 4. The Hall–Kier alpha value is -1.03. The first-order valence-electron chi connectivity index (χ1n) is 6.11. The Balaban J connectivity index is 1.96. The van der Waals surface area contributed by atoms with Crippen LogP contribution in [0.15, 0.2) is 12.4 Å². The molecule has 0 aliphatic carbocycles. The van der Waals surface area contributed by atoms with Gasteiger partial charge in [-0.2, -0.15) is 0 Å². The maximum Gasteiger partial charge on any atom is 0.203 e. The molecule has 0 radical (unpaired) electrons. The SMILES string of the molecule is CC(C)Cn1ccnc1NC1CCN(C)C1. The van der Waals surface area contributed by atoms with Crippen molar-refractivity contribution in [3.8, 4) is 0 Å². The molecule has 90 valence electrons. The van der Waals surface area contributed by atoms with Crippen molar-refractivity contribution in [2.45, 2.75) is 32.9 Å². The van der Waals surface area contributed by atoms with E-state index in [2.05, 4.69) is 46.9 Å². The van der Waals surface area contributed by atoms with E-state index in [1.165, 1.54) is 13.0 Å². The lowest BCUT2D eigenvalue weighted by Gasteiger charge is -2.16. The first-order chi connectivity index (χ1) is 7.65. The largest absolute Gasteiger partial charge is 0.352 e. The highest BCUT2D eigenvalue weighted by molar-refractivity contribution is 5.28. The number of likely N-dealkylation sites (N-methyl/N-ethyl adjacent to an activating group) is 1. The smallest absolute Gasteiger partial charge is 0.203 e. The van der Waals surface area contributed by atoms with E-state index in [-0.39, 0.29) is 0 Å². The number of nitrogens with zero attached hydrogens (tertiary/aromatic N) is 3. The highest BCUT2D eigenvalue weighted by atomic mass is 15.2. The van der Waals surface area contributed by atoms with E-state index in [1.54, 1.807) is 0 Å². The Morgan fingerprint density at radius 1 is 1.56 bits per heavy atom. The van der Waals surface area contributed by atoms with Crippen molar-refractivity contribution in [1.82, 2.24) is 14.5 Å². The Bertz CT molecular complexity index is 332. The molecule has 1 saturated heterocycles. The van der Waals surface area contributed by atoms with E-state index < -0.39 is 0 Å². The van der Waals surface area contributed by atoms with Gasteiger partial charge >= 0.3 is 0 Å². The molecule has 1 aliphatic rings. The van der Waals surface area contributed by atoms with Crippen molar-refractivity contribution in [3.63, 3.8) is 0 Å². The van der Waals surface area contributed by atoms with Crippen LogP contribution in [-0.4, -0.2) is 40.6 Å². The zero-order valence-electron chi connectivity index (χ0n) is 10.5. The zero-order chi connectivity index (χ0) is 11.5. The van der Waals surface area contributed by atoms with Crippen LogP contribution in [0.3, 0.4) is 0 Å². The molecule has 1 fully saturated rings. The number of hydrogen-bond donors (Lipinski definition) is 1. The van der Waals surface area contributed by atoms with Crippen LogP contribution < -0.4 is 5.32 Å². The summed E-state index contributed by atoms with van der Waals surface area (Å²) in [6, 6.07) is 0.554. The van der Waals surface area contributed by atoms with Gasteiger partial charge in [0, 0.05) is 31.5 Å². The summed E-state index contributed by atoms with van der Waals surface area (Å²) >= 11 is 0. The summed E-state index contributed by atoms with van der Waals surface area (Å²) in [5.74, 6) is 1.68. The van der Waals surface area contributed by atoms with Crippen LogP contribution in [0.1, 0.15) is 20.3 Å². The minimum Gasteiger partial charge on any atom is -0.352 e. The Kier molecular flexibility index (Phi) is 3.49. The van der Waals surface area contributed by atoms with Crippen molar-refractivity contribution in [2.75, 3.05) is 25.5 Å². The quantitative estimate of drug-likeness (QED) is 0.841. The first kappa shape index (κ1) is 11.5. The lowest BCUT2D eigenvalue weighted by molar-refractivity contribution is 0.413. The molecule has 0 spiro atoms. The molecule has 0 amide bonds. The number of likely N-dealkylation sites (tertiary alicyclic amines) is 1. The van der Waals surface area contributed by atoms with Gasteiger partial charge in [-0.1, -0.05) is 13.8 Å². The van der Waals surface area contributed by atoms with E-state index in [0.29, 0.717) is 12.0 Å². The highest BCUT2D eigenvalue weighted by Gasteiger charge is 2.20. The van der Waals surface area contributed by atoms with Crippen LogP contribution in [-0.2, 0) is 6.54 Å². The maximum atomic E-state index is 4.39. The predicted octanol–water partition coefficient (Wildman–Crippen LogP) is 1.66. The summed E-state index contributed by atoms with van der Waals surface area (Å²) in [4.78, 5) is 6.75. The topological polar surface area (TPSA) is 33.1 Å². The fraction of sp³-hybridized carbons (Fsp3) is 0.750. The first-order valence-corrected chi connectivity index (χ1v) is 6.11. The van der Waals surface area contributed by atoms with Crippen LogP contribution in [0.5, 0.6) is 0 Å². The number of imidazole rings is 1. The van der Waals surface area contributed by atoms with Gasteiger partial charge in [0.15, 0.2) is 0 Å². The van der Waals surface area contributed by atoms with Gasteiger partial charge in [-0.15, -0.1) is 0 Å². The zero-order valence-corrected chi connectivity index (χ0v) is 10.5. The maximum absolute atomic E-state index is 4.39. The summed E-state index contributed by atoms with van der Waals surface area (Å²) in [5, 5.41) is 3.54. The minimum atomic E-state index is 0.554. The number of nitrogens with one attached hydrogen (secondary N) is 1. The van der Waals surface area contributed by atoms with E-state index in [1.807, 2.05) is 6.20 Å². The minimum absolute atomic E-state index is 0.554. The average Bonchev–Trinajstić information content (AvgIpc) is 2.77. The lowest BCUT2D eigenvalue weighted by atomic mass is 10.2. The van der Waals surface area contributed by atoms with Crippen LogP contribution in [0.25, 0.3) is 0 Å². The van der Waals surface area contributed by atoms with Gasteiger partial charge in [0.05, 0.1) is 0 Å². The summed E-state index contributed by atoms with van der Waals surface area (Å²) in [6.45, 7) is 7.79. The molecule has 4 heteroatoms. The molecule has 16 heavy (non-hydrogen) atoms. The monoisotopic (exact) mass is 222 g/mol. The highest BCUT2D eigenvalue weighted by Crippen LogP contribution is 2.14. The van der Waals surface area contributed by atoms with Crippen molar-refractivity contribution in [3.05, 3.63) is 12.4 Å². The Morgan fingerprint density at radius 2 is 2.38 bits per heavy atom. The van der Waals surface area contributed by atoms with Gasteiger partial charge in [0.25, 0.3) is 0 Å². The molecule has 1 atom stereocenters. The van der Waals surface area contributed by atoms with Gasteiger partial charge < -0.3 is 14.8 Å². The van der Waals surface area contributed by atoms with Crippen molar-refractivity contribution < 1.29 is 0 Å². The number of hydrogen-bond acceptors (Lipinski definition) is 3. The predicted molar refractivity (Wildman–Crippen MR) is 66.6 cm³/mol.